The number of nitrogens with one attached hydrogen (secondary N) is 1. The standard InChI is InChI=1S/C29H25ClN2O5S/c1-3-8-21-13-20(14-24(36-2)27(21)37-18-19-9-5-4-6-10-19)15-25-28(34)32(29(35)38-25)17-26(33)31-23-12-7-11-22(30)16-23/h3-7,9-16H,1,8,17-18H2,2H3,(H,31,33)/b25-15-. The molecule has 7 nitrogen and oxygen atoms in total. The number of anilines is 1. The van der Waals surface area contributed by atoms with Crippen molar-refractivity contribution in [2.24, 2.45) is 0 Å². The number of imide groups is 1. The van der Waals surface area contributed by atoms with Gasteiger partial charge in [-0.05, 0) is 65.7 Å². The molecule has 3 amide bonds. The summed E-state index contributed by atoms with van der Waals surface area (Å²) in [7, 11) is 1.54. The van der Waals surface area contributed by atoms with E-state index in [-0.39, 0.29) is 4.91 Å². The van der Waals surface area contributed by atoms with Crippen molar-refractivity contribution in [3.8, 4) is 11.5 Å². The molecule has 3 aromatic rings. The first-order chi connectivity index (χ1) is 18.4. The van der Waals surface area contributed by atoms with Gasteiger partial charge in [0.2, 0.25) is 5.91 Å². The van der Waals surface area contributed by atoms with Gasteiger partial charge in [-0.1, -0.05) is 54.1 Å². The van der Waals surface area contributed by atoms with E-state index in [1.165, 1.54) is 0 Å². The topological polar surface area (TPSA) is 84.9 Å². The number of carbonyl (C=O) groups is 3. The molecule has 0 atom stereocenters. The zero-order valence-corrected chi connectivity index (χ0v) is 22.2. The van der Waals surface area contributed by atoms with Crippen LogP contribution in [0.5, 0.6) is 11.5 Å². The average molecular weight is 549 g/mol. The van der Waals surface area contributed by atoms with Gasteiger partial charge < -0.3 is 14.8 Å². The lowest BCUT2D eigenvalue weighted by Gasteiger charge is -2.16. The highest BCUT2D eigenvalue weighted by molar-refractivity contribution is 8.18. The first-order valence-electron chi connectivity index (χ1n) is 11.7. The normalized spacial score (nSPS) is 14.1. The number of allylic oxidation sites excluding steroid dienone is 1. The largest absolute Gasteiger partial charge is 0.493 e. The van der Waals surface area contributed by atoms with Crippen LogP contribution in [-0.2, 0) is 22.6 Å². The van der Waals surface area contributed by atoms with Crippen molar-refractivity contribution in [1.29, 1.82) is 0 Å². The maximum absolute atomic E-state index is 13.0. The molecule has 1 aliphatic heterocycles. The van der Waals surface area contributed by atoms with E-state index in [1.807, 2.05) is 36.4 Å². The molecule has 0 aliphatic carbocycles. The molecular weight excluding hydrogens is 524 g/mol. The Morgan fingerprint density at radius 1 is 1.11 bits per heavy atom. The monoisotopic (exact) mass is 548 g/mol. The molecule has 0 unspecified atom stereocenters. The summed E-state index contributed by atoms with van der Waals surface area (Å²) in [6, 6.07) is 20.0. The van der Waals surface area contributed by atoms with Crippen LogP contribution < -0.4 is 14.8 Å². The van der Waals surface area contributed by atoms with Crippen LogP contribution in [0.15, 0.2) is 84.3 Å². The first kappa shape index (κ1) is 27.0. The molecule has 1 heterocycles. The number of hydrogen-bond acceptors (Lipinski definition) is 6. The van der Waals surface area contributed by atoms with Crippen LogP contribution in [0, 0.1) is 0 Å². The minimum Gasteiger partial charge on any atom is -0.493 e. The fraction of sp³-hybridized carbons (Fsp3) is 0.138. The summed E-state index contributed by atoms with van der Waals surface area (Å²) in [5, 5.41) is 2.58. The van der Waals surface area contributed by atoms with Gasteiger partial charge in [0.05, 0.1) is 12.0 Å². The minimum atomic E-state index is -0.546. The van der Waals surface area contributed by atoms with Gasteiger partial charge in [0.1, 0.15) is 13.2 Å². The number of benzene rings is 3. The van der Waals surface area contributed by atoms with Gasteiger partial charge in [-0.2, -0.15) is 0 Å². The number of rotatable bonds is 10. The second-order valence-corrected chi connectivity index (χ2v) is 9.73. The van der Waals surface area contributed by atoms with Gasteiger partial charge in [0.15, 0.2) is 11.5 Å². The van der Waals surface area contributed by atoms with Crippen molar-refractivity contribution in [2.75, 3.05) is 19.0 Å². The fourth-order valence-corrected chi connectivity index (χ4v) is 4.85. The van der Waals surface area contributed by atoms with Crippen LogP contribution in [0.3, 0.4) is 0 Å². The van der Waals surface area contributed by atoms with E-state index in [0.717, 1.165) is 27.8 Å². The lowest BCUT2D eigenvalue weighted by molar-refractivity contribution is -0.127. The van der Waals surface area contributed by atoms with Gasteiger partial charge in [-0.3, -0.25) is 19.3 Å². The summed E-state index contributed by atoms with van der Waals surface area (Å²) in [4.78, 5) is 39.1. The SMILES string of the molecule is C=CCc1cc(/C=C2\SC(=O)N(CC(=O)Nc3cccc(Cl)c3)C2=O)cc(OC)c1OCc1ccccc1. The lowest BCUT2D eigenvalue weighted by Crippen LogP contribution is -2.36. The fourth-order valence-electron chi connectivity index (χ4n) is 3.82. The molecule has 1 N–H and O–H groups in total. The third-order valence-electron chi connectivity index (χ3n) is 5.55. The second-order valence-electron chi connectivity index (χ2n) is 8.30. The first-order valence-corrected chi connectivity index (χ1v) is 12.9. The van der Waals surface area contributed by atoms with Crippen LogP contribution in [0.1, 0.15) is 16.7 Å². The molecule has 3 aromatic carbocycles. The Hall–Kier alpha value is -4.01. The summed E-state index contributed by atoms with van der Waals surface area (Å²) >= 11 is 6.72. The summed E-state index contributed by atoms with van der Waals surface area (Å²) in [6.45, 7) is 3.78. The molecule has 4 rings (SSSR count). The molecule has 0 radical (unpaired) electrons. The molecule has 1 fully saturated rings. The smallest absolute Gasteiger partial charge is 0.294 e. The minimum absolute atomic E-state index is 0.204. The number of methoxy groups -OCH3 is 1. The Morgan fingerprint density at radius 2 is 1.89 bits per heavy atom. The van der Waals surface area contributed by atoms with Crippen molar-refractivity contribution >= 4 is 52.2 Å². The van der Waals surface area contributed by atoms with Crippen LogP contribution in [-0.4, -0.2) is 35.6 Å². The lowest BCUT2D eigenvalue weighted by atomic mass is 10.0. The molecule has 38 heavy (non-hydrogen) atoms. The van der Waals surface area contributed by atoms with Gasteiger partial charge in [0, 0.05) is 16.3 Å². The van der Waals surface area contributed by atoms with Gasteiger partial charge in [-0.25, -0.2) is 0 Å². The van der Waals surface area contributed by atoms with Crippen LogP contribution in [0.2, 0.25) is 5.02 Å². The number of hydrogen-bond donors (Lipinski definition) is 1. The highest BCUT2D eigenvalue weighted by atomic mass is 35.5. The van der Waals surface area contributed by atoms with E-state index in [0.29, 0.717) is 40.8 Å². The van der Waals surface area contributed by atoms with E-state index in [4.69, 9.17) is 21.1 Å². The van der Waals surface area contributed by atoms with Gasteiger partial charge in [-0.15, -0.1) is 6.58 Å². The number of carbonyl (C=O) groups excluding carboxylic acids is 3. The van der Waals surface area contributed by atoms with Crippen molar-refractivity contribution in [3.05, 3.63) is 106 Å². The number of nitrogens with zero attached hydrogens (tertiary/aromatic N) is 1. The molecule has 194 valence electrons. The Kier molecular flexibility index (Phi) is 8.89. The van der Waals surface area contributed by atoms with Crippen molar-refractivity contribution < 1.29 is 23.9 Å². The number of thioether (sulfide) groups is 1. The van der Waals surface area contributed by atoms with E-state index < -0.39 is 23.6 Å². The molecule has 1 aliphatic rings. The Balaban J connectivity index is 1.52. The van der Waals surface area contributed by atoms with E-state index in [9.17, 15) is 14.4 Å². The zero-order valence-electron chi connectivity index (χ0n) is 20.6. The molecule has 9 heteroatoms. The molecular formula is C29H25ClN2O5S. The number of ether oxygens (including phenoxy) is 2. The number of halogens is 1. The third-order valence-corrected chi connectivity index (χ3v) is 6.69. The van der Waals surface area contributed by atoms with E-state index in [1.54, 1.807) is 49.6 Å². The molecule has 0 spiro atoms. The maximum Gasteiger partial charge on any atom is 0.294 e. The molecule has 0 bridgehead atoms. The summed E-state index contributed by atoms with van der Waals surface area (Å²) in [5.41, 5.74) is 2.96. The predicted octanol–water partition coefficient (Wildman–Crippen LogP) is 6.33. The summed E-state index contributed by atoms with van der Waals surface area (Å²) < 4.78 is 11.7. The Morgan fingerprint density at radius 3 is 2.61 bits per heavy atom. The quantitative estimate of drug-likeness (QED) is 0.235. The van der Waals surface area contributed by atoms with Gasteiger partial charge >= 0.3 is 0 Å². The van der Waals surface area contributed by atoms with Crippen LogP contribution in [0.4, 0.5) is 10.5 Å². The third kappa shape index (κ3) is 6.65. The molecule has 1 saturated heterocycles. The summed E-state index contributed by atoms with van der Waals surface area (Å²) in [5.74, 6) is 0.0198. The Bertz CT molecular complexity index is 1410. The zero-order chi connectivity index (χ0) is 27.1. The van der Waals surface area contributed by atoms with Crippen molar-refractivity contribution in [3.63, 3.8) is 0 Å². The van der Waals surface area contributed by atoms with Crippen molar-refractivity contribution in [1.82, 2.24) is 4.90 Å². The highest BCUT2D eigenvalue weighted by Gasteiger charge is 2.36. The predicted molar refractivity (Wildman–Crippen MR) is 150 cm³/mol. The maximum atomic E-state index is 13.0. The van der Waals surface area contributed by atoms with Gasteiger partial charge in [0.25, 0.3) is 11.1 Å². The number of amides is 3. The second kappa shape index (κ2) is 12.5. The summed E-state index contributed by atoms with van der Waals surface area (Å²) in [6.07, 6.45) is 3.86. The van der Waals surface area contributed by atoms with E-state index >= 15 is 0 Å². The van der Waals surface area contributed by atoms with Crippen molar-refractivity contribution in [2.45, 2.75) is 13.0 Å². The molecule has 0 saturated carbocycles. The average Bonchev–Trinajstić information content (AvgIpc) is 3.15. The van der Waals surface area contributed by atoms with Crippen LogP contribution >= 0.6 is 23.4 Å². The highest BCUT2D eigenvalue weighted by Crippen LogP contribution is 2.37. The molecule has 0 aromatic heterocycles. The van der Waals surface area contributed by atoms with E-state index in [2.05, 4.69) is 11.9 Å². The Labute approximate surface area is 230 Å². The van der Waals surface area contributed by atoms with Crippen LogP contribution in [0.25, 0.3) is 6.08 Å².